The first-order valence-corrected chi connectivity index (χ1v) is 9.68. The van der Waals surface area contributed by atoms with Crippen LogP contribution in [0.4, 0.5) is 5.69 Å². The number of rotatable bonds is 6. The number of carbonyl (C=O) groups is 1. The van der Waals surface area contributed by atoms with Crippen LogP contribution in [0.1, 0.15) is 16.1 Å². The second-order valence-corrected chi connectivity index (χ2v) is 8.18. The molecule has 0 spiro atoms. The standard InChI is InChI=1S/C16H17N3O6S/c20-16(11-3-5-12(6-4-11)19(21)22)18-15-10-26(23,24)9-14(15)17-8-13-2-1-7-25-13/h1-7,14-15,17H,8-10H2,(H,18,20). The number of furan rings is 1. The van der Waals surface area contributed by atoms with Crippen LogP contribution < -0.4 is 10.6 Å². The second-order valence-electron chi connectivity index (χ2n) is 6.03. The molecule has 1 aromatic carbocycles. The molecule has 2 N–H and O–H groups in total. The Morgan fingerprint density at radius 3 is 2.50 bits per heavy atom. The van der Waals surface area contributed by atoms with Gasteiger partial charge in [-0.05, 0) is 24.3 Å². The maximum atomic E-state index is 12.3. The number of nitrogens with one attached hydrogen (secondary N) is 2. The fourth-order valence-corrected chi connectivity index (χ4v) is 4.72. The van der Waals surface area contributed by atoms with Gasteiger partial charge in [0.1, 0.15) is 5.76 Å². The molecule has 2 unspecified atom stereocenters. The molecule has 2 atom stereocenters. The monoisotopic (exact) mass is 379 g/mol. The second kappa shape index (κ2) is 7.26. The van der Waals surface area contributed by atoms with E-state index < -0.39 is 32.8 Å². The average Bonchev–Trinajstić information content (AvgIpc) is 3.20. The fourth-order valence-electron chi connectivity index (χ4n) is 2.82. The summed E-state index contributed by atoms with van der Waals surface area (Å²) in [4.78, 5) is 22.5. The quantitative estimate of drug-likeness (QED) is 0.562. The van der Waals surface area contributed by atoms with E-state index in [0.717, 1.165) is 0 Å². The van der Waals surface area contributed by atoms with Crippen molar-refractivity contribution in [1.82, 2.24) is 10.6 Å². The minimum atomic E-state index is -3.28. The lowest BCUT2D eigenvalue weighted by atomic mass is 10.1. The molecule has 1 aliphatic rings. The van der Waals surface area contributed by atoms with Crippen molar-refractivity contribution in [3.05, 3.63) is 64.1 Å². The molecule has 1 aliphatic heterocycles. The molecule has 2 heterocycles. The van der Waals surface area contributed by atoms with Gasteiger partial charge in [0.25, 0.3) is 11.6 Å². The third-order valence-corrected chi connectivity index (χ3v) is 5.86. The average molecular weight is 379 g/mol. The Kier molecular flexibility index (Phi) is 5.05. The molecule has 2 aromatic rings. The number of hydrogen-bond donors (Lipinski definition) is 2. The van der Waals surface area contributed by atoms with Gasteiger partial charge in [-0.25, -0.2) is 8.42 Å². The van der Waals surface area contributed by atoms with Crippen LogP contribution in [0.3, 0.4) is 0 Å². The molecule has 1 fully saturated rings. The molecule has 1 amide bonds. The predicted octanol–water partition coefficient (Wildman–Crippen LogP) is 0.873. The lowest BCUT2D eigenvalue weighted by Crippen LogP contribution is -2.48. The molecule has 0 aliphatic carbocycles. The third-order valence-electron chi connectivity index (χ3n) is 4.13. The van der Waals surface area contributed by atoms with E-state index >= 15 is 0 Å². The minimum absolute atomic E-state index is 0.0844. The highest BCUT2D eigenvalue weighted by atomic mass is 32.2. The highest BCUT2D eigenvalue weighted by Gasteiger charge is 2.38. The number of non-ortho nitro benzene ring substituents is 1. The van der Waals surface area contributed by atoms with E-state index in [0.29, 0.717) is 12.3 Å². The zero-order chi connectivity index (χ0) is 18.7. The van der Waals surface area contributed by atoms with Crippen LogP contribution in [0.15, 0.2) is 47.1 Å². The number of nitro groups is 1. The first-order valence-electron chi connectivity index (χ1n) is 7.85. The largest absolute Gasteiger partial charge is 0.468 e. The molecular formula is C16H17N3O6S. The smallest absolute Gasteiger partial charge is 0.269 e. The molecule has 1 aromatic heterocycles. The van der Waals surface area contributed by atoms with Crippen molar-refractivity contribution in [3.8, 4) is 0 Å². The zero-order valence-corrected chi connectivity index (χ0v) is 14.4. The van der Waals surface area contributed by atoms with Crippen molar-refractivity contribution in [2.75, 3.05) is 11.5 Å². The number of nitrogens with zero attached hydrogens (tertiary/aromatic N) is 1. The van der Waals surface area contributed by atoms with Crippen LogP contribution in [0.5, 0.6) is 0 Å². The van der Waals surface area contributed by atoms with Crippen LogP contribution in [-0.4, -0.2) is 42.8 Å². The van der Waals surface area contributed by atoms with E-state index in [-0.39, 0.29) is 22.8 Å². The lowest BCUT2D eigenvalue weighted by molar-refractivity contribution is -0.384. The maximum absolute atomic E-state index is 12.3. The minimum Gasteiger partial charge on any atom is -0.468 e. The first kappa shape index (κ1) is 18.1. The summed E-state index contributed by atoms with van der Waals surface area (Å²) in [7, 11) is -3.28. The van der Waals surface area contributed by atoms with E-state index in [1.54, 1.807) is 12.1 Å². The van der Waals surface area contributed by atoms with Gasteiger partial charge in [0.05, 0.1) is 35.3 Å². The normalized spacial score (nSPS) is 21.4. The summed E-state index contributed by atoms with van der Waals surface area (Å²) in [5, 5.41) is 16.5. The summed E-state index contributed by atoms with van der Waals surface area (Å²) in [6.45, 7) is 0.344. The van der Waals surface area contributed by atoms with Crippen molar-refractivity contribution in [2.24, 2.45) is 0 Å². The predicted molar refractivity (Wildman–Crippen MR) is 92.3 cm³/mol. The highest BCUT2D eigenvalue weighted by Crippen LogP contribution is 2.16. The van der Waals surface area contributed by atoms with E-state index in [2.05, 4.69) is 10.6 Å². The van der Waals surface area contributed by atoms with Crippen LogP contribution in [0.2, 0.25) is 0 Å². The molecule has 26 heavy (non-hydrogen) atoms. The number of sulfone groups is 1. The SMILES string of the molecule is O=C(NC1CS(=O)(=O)CC1NCc1ccco1)c1ccc([N+](=O)[O-])cc1. The summed E-state index contributed by atoms with van der Waals surface area (Å²) in [6, 6.07) is 7.58. The topological polar surface area (TPSA) is 132 Å². The van der Waals surface area contributed by atoms with Crippen molar-refractivity contribution in [1.29, 1.82) is 0 Å². The number of benzene rings is 1. The van der Waals surface area contributed by atoms with Crippen molar-refractivity contribution in [2.45, 2.75) is 18.6 Å². The number of carbonyl (C=O) groups excluding carboxylic acids is 1. The fraction of sp³-hybridized carbons (Fsp3) is 0.312. The molecule has 138 valence electrons. The third kappa shape index (κ3) is 4.27. The Morgan fingerprint density at radius 1 is 1.19 bits per heavy atom. The summed E-state index contributed by atoms with van der Waals surface area (Å²) in [6.07, 6.45) is 1.52. The lowest BCUT2D eigenvalue weighted by Gasteiger charge is -2.20. The molecule has 9 nitrogen and oxygen atoms in total. The summed E-state index contributed by atoms with van der Waals surface area (Å²) < 4.78 is 29.1. The molecule has 10 heteroatoms. The van der Waals surface area contributed by atoms with Crippen LogP contribution in [0.25, 0.3) is 0 Å². The molecule has 1 saturated heterocycles. The van der Waals surface area contributed by atoms with Crippen LogP contribution in [0, 0.1) is 10.1 Å². The van der Waals surface area contributed by atoms with Gasteiger partial charge in [-0.15, -0.1) is 0 Å². The highest BCUT2D eigenvalue weighted by molar-refractivity contribution is 7.91. The molecule has 3 rings (SSSR count). The van der Waals surface area contributed by atoms with Gasteiger partial charge in [0, 0.05) is 23.7 Å². The van der Waals surface area contributed by atoms with Crippen molar-refractivity contribution < 1.29 is 22.6 Å². The molecule has 0 radical (unpaired) electrons. The molecular weight excluding hydrogens is 362 g/mol. The summed E-state index contributed by atoms with van der Waals surface area (Å²) >= 11 is 0. The van der Waals surface area contributed by atoms with Crippen molar-refractivity contribution in [3.63, 3.8) is 0 Å². The Morgan fingerprint density at radius 2 is 1.88 bits per heavy atom. The van der Waals surface area contributed by atoms with E-state index in [4.69, 9.17) is 4.42 Å². The van der Waals surface area contributed by atoms with Crippen LogP contribution in [-0.2, 0) is 16.4 Å². The number of nitro benzene ring substituents is 1. The van der Waals surface area contributed by atoms with Crippen molar-refractivity contribution >= 4 is 21.4 Å². The Balaban J connectivity index is 1.67. The molecule has 0 saturated carbocycles. The maximum Gasteiger partial charge on any atom is 0.269 e. The Bertz CT molecular complexity index is 893. The van der Waals surface area contributed by atoms with Gasteiger partial charge in [-0.1, -0.05) is 0 Å². The first-order chi connectivity index (χ1) is 12.3. The van der Waals surface area contributed by atoms with Gasteiger partial charge in [-0.3, -0.25) is 14.9 Å². The van der Waals surface area contributed by atoms with E-state index in [1.807, 2.05) is 0 Å². The van der Waals surface area contributed by atoms with Gasteiger partial charge in [0.2, 0.25) is 0 Å². The zero-order valence-electron chi connectivity index (χ0n) is 13.6. The summed E-state index contributed by atoms with van der Waals surface area (Å²) in [5.41, 5.74) is 0.104. The summed E-state index contributed by atoms with van der Waals surface area (Å²) in [5.74, 6) is -0.0676. The van der Waals surface area contributed by atoms with E-state index in [9.17, 15) is 23.3 Å². The van der Waals surface area contributed by atoms with Crippen LogP contribution >= 0.6 is 0 Å². The molecule has 0 bridgehead atoms. The van der Waals surface area contributed by atoms with Gasteiger partial charge >= 0.3 is 0 Å². The number of hydrogen-bond acceptors (Lipinski definition) is 7. The van der Waals surface area contributed by atoms with E-state index in [1.165, 1.54) is 30.5 Å². The number of amides is 1. The van der Waals surface area contributed by atoms with Gasteiger partial charge in [0.15, 0.2) is 9.84 Å². The van der Waals surface area contributed by atoms with Gasteiger partial charge in [-0.2, -0.15) is 0 Å². The Labute approximate surface area is 149 Å². The Hall–Kier alpha value is -2.72. The van der Waals surface area contributed by atoms with Gasteiger partial charge < -0.3 is 15.1 Å².